The van der Waals surface area contributed by atoms with Crippen molar-refractivity contribution in [3.63, 3.8) is 0 Å². The highest BCUT2D eigenvalue weighted by molar-refractivity contribution is 6.03. The van der Waals surface area contributed by atoms with Crippen LogP contribution in [0, 0.1) is 5.82 Å². The molecule has 2 aromatic rings. The van der Waals surface area contributed by atoms with Crippen LogP contribution >= 0.6 is 0 Å². The van der Waals surface area contributed by atoms with Gasteiger partial charge in [-0.25, -0.2) is 4.39 Å². The number of halogens is 1. The molecule has 1 N–H and O–H groups in total. The molecule has 2 aromatic carbocycles. The van der Waals surface area contributed by atoms with Crippen molar-refractivity contribution >= 4 is 5.78 Å². The van der Waals surface area contributed by atoms with Crippen LogP contribution in [0.1, 0.15) is 22.0 Å². The second-order valence-electron chi connectivity index (χ2n) is 4.37. The Balaban J connectivity index is 2.08. The number of aliphatic hydroxyl groups excluding tert-OH is 1. The van der Waals surface area contributed by atoms with Crippen molar-refractivity contribution < 1.29 is 19.0 Å². The quantitative estimate of drug-likeness (QED) is 0.854. The average Bonchev–Trinajstić information content (AvgIpc) is 2.44. The molecule has 0 fully saturated rings. The second-order valence-corrected chi connectivity index (χ2v) is 4.37. The van der Waals surface area contributed by atoms with Gasteiger partial charge in [-0.05, 0) is 17.7 Å². The second kappa shape index (κ2) is 4.48. The fourth-order valence-corrected chi connectivity index (χ4v) is 2.20. The van der Waals surface area contributed by atoms with Gasteiger partial charge in [-0.3, -0.25) is 4.79 Å². The number of carbonyl (C=O) groups is 1. The lowest BCUT2D eigenvalue weighted by Gasteiger charge is -2.29. The molecule has 1 aliphatic rings. The Kier molecular flexibility index (Phi) is 2.80. The summed E-state index contributed by atoms with van der Waals surface area (Å²) in [5.74, 6) is -1.21. The Morgan fingerprint density at radius 2 is 1.79 bits per heavy atom. The van der Waals surface area contributed by atoms with Gasteiger partial charge in [-0.2, -0.15) is 0 Å². The number of ether oxygens (including phenoxy) is 1. The molecule has 3 nitrogen and oxygen atoms in total. The number of benzene rings is 2. The van der Waals surface area contributed by atoms with Crippen molar-refractivity contribution in [1.82, 2.24) is 0 Å². The summed E-state index contributed by atoms with van der Waals surface area (Å²) in [5, 5.41) is 10.0. The maximum atomic E-state index is 13.7. The van der Waals surface area contributed by atoms with Gasteiger partial charge in [0.25, 0.3) is 0 Å². The van der Waals surface area contributed by atoms with E-state index in [4.69, 9.17) is 4.74 Å². The van der Waals surface area contributed by atoms with Crippen LogP contribution in [0.5, 0.6) is 5.75 Å². The van der Waals surface area contributed by atoms with E-state index in [0.29, 0.717) is 5.56 Å². The summed E-state index contributed by atoms with van der Waals surface area (Å²) in [7, 11) is 0. The summed E-state index contributed by atoms with van der Waals surface area (Å²) in [6.07, 6.45) is -2.20. The first-order chi connectivity index (χ1) is 9.18. The predicted octanol–water partition coefficient (Wildman–Crippen LogP) is 2.50. The summed E-state index contributed by atoms with van der Waals surface area (Å²) >= 11 is 0. The van der Waals surface area contributed by atoms with Crippen LogP contribution in [0.25, 0.3) is 0 Å². The van der Waals surface area contributed by atoms with E-state index in [1.807, 2.05) is 6.07 Å². The third kappa shape index (κ3) is 1.90. The summed E-state index contributed by atoms with van der Waals surface area (Å²) in [6.45, 7) is 0. The minimum absolute atomic E-state index is 0.0830. The van der Waals surface area contributed by atoms with E-state index in [9.17, 15) is 14.3 Å². The first-order valence-corrected chi connectivity index (χ1v) is 5.91. The molecule has 0 bridgehead atoms. The summed E-state index contributed by atoms with van der Waals surface area (Å²) in [4.78, 5) is 12.1. The monoisotopic (exact) mass is 258 g/mol. The number of carbonyl (C=O) groups excluding carboxylic acids is 1. The largest absolute Gasteiger partial charge is 0.479 e. The van der Waals surface area contributed by atoms with Crippen LogP contribution in [0.2, 0.25) is 0 Å². The number of para-hydroxylation sites is 1. The van der Waals surface area contributed by atoms with Crippen LogP contribution in [-0.2, 0) is 0 Å². The molecule has 0 aromatic heterocycles. The number of hydrogen-bond acceptors (Lipinski definition) is 3. The number of Topliss-reactive ketones (excluding diaryl/α,β-unsaturated/α-hetero) is 1. The number of hydrogen-bond donors (Lipinski definition) is 1. The summed E-state index contributed by atoms with van der Waals surface area (Å²) in [5.41, 5.74) is 0.719. The van der Waals surface area contributed by atoms with E-state index in [0.717, 1.165) is 0 Å². The first kappa shape index (κ1) is 11.9. The van der Waals surface area contributed by atoms with Gasteiger partial charge >= 0.3 is 0 Å². The van der Waals surface area contributed by atoms with Crippen LogP contribution in [0.15, 0.2) is 48.5 Å². The SMILES string of the molecule is O=C1c2cccc(F)c2OC(c2ccccc2)C1O. The van der Waals surface area contributed by atoms with Gasteiger partial charge in [0.2, 0.25) is 0 Å². The van der Waals surface area contributed by atoms with Gasteiger partial charge in [-0.15, -0.1) is 0 Å². The predicted molar refractivity (Wildman–Crippen MR) is 66.5 cm³/mol. The third-order valence-electron chi connectivity index (χ3n) is 3.16. The van der Waals surface area contributed by atoms with E-state index >= 15 is 0 Å². The minimum atomic E-state index is -1.32. The Morgan fingerprint density at radius 3 is 2.53 bits per heavy atom. The Morgan fingerprint density at radius 1 is 1.05 bits per heavy atom. The smallest absolute Gasteiger partial charge is 0.199 e. The van der Waals surface area contributed by atoms with Crippen molar-refractivity contribution in [1.29, 1.82) is 0 Å². The molecule has 0 amide bonds. The molecule has 19 heavy (non-hydrogen) atoms. The molecule has 0 radical (unpaired) electrons. The zero-order valence-corrected chi connectivity index (χ0v) is 9.92. The van der Waals surface area contributed by atoms with Crippen LogP contribution in [0.4, 0.5) is 4.39 Å². The van der Waals surface area contributed by atoms with Crippen molar-refractivity contribution in [2.45, 2.75) is 12.2 Å². The maximum Gasteiger partial charge on any atom is 0.199 e. The molecule has 2 unspecified atom stereocenters. The number of fused-ring (bicyclic) bond motifs is 1. The van der Waals surface area contributed by atoms with Crippen molar-refractivity contribution in [2.24, 2.45) is 0 Å². The highest BCUT2D eigenvalue weighted by Gasteiger charge is 2.37. The topological polar surface area (TPSA) is 46.5 Å². The van der Waals surface area contributed by atoms with Gasteiger partial charge in [-0.1, -0.05) is 36.4 Å². The summed E-state index contributed by atoms with van der Waals surface area (Å²) in [6, 6.07) is 12.9. The van der Waals surface area contributed by atoms with E-state index in [1.165, 1.54) is 18.2 Å². The number of rotatable bonds is 1. The van der Waals surface area contributed by atoms with Crippen LogP contribution < -0.4 is 4.74 Å². The van der Waals surface area contributed by atoms with Gasteiger partial charge < -0.3 is 9.84 Å². The molecule has 0 aliphatic carbocycles. The van der Waals surface area contributed by atoms with Crippen molar-refractivity contribution in [3.8, 4) is 5.75 Å². The Hall–Kier alpha value is -2.20. The van der Waals surface area contributed by atoms with Gasteiger partial charge in [0.05, 0.1) is 5.56 Å². The molecular formula is C15H11FO3. The molecule has 3 rings (SSSR count). The van der Waals surface area contributed by atoms with Crippen molar-refractivity contribution in [2.75, 3.05) is 0 Å². The molecule has 1 aliphatic heterocycles. The highest BCUT2D eigenvalue weighted by atomic mass is 19.1. The molecule has 1 heterocycles. The molecule has 96 valence electrons. The molecule has 2 atom stereocenters. The van der Waals surface area contributed by atoms with Crippen LogP contribution in [0.3, 0.4) is 0 Å². The molecule has 0 saturated carbocycles. The number of aliphatic hydroxyl groups is 1. The first-order valence-electron chi connectivity index (χ1n) is 5.91. The van der Waals surface area contributed by atoms with Gasteiger partial charge in [0.1, 0.15) is 0 Å². The van der Waals surface area contributed by atoms with E-state index in [1.54, 1.807) is 24.3 Å². The lowest BCUT2D eigenvalue weighted by atomic mass is 9.93. The summed E-state index contributed by atoms with van der Waals surface area (Å²) < 4.78 is 19.2. The molecule has 0 saturated heterocycles. The zero-order chi connectivity index (χ0) is 13.4. The lowest BCUT2D eigenvalue weighted by molar-refractivity contribution is 0.0198. The Labute approximate surface area is 109 Å². The van der Waals surface area contributed by atoms with E-state index in [-0.39, 0.29) is 11.3 Å². The van der Waals surface area contributed by atoms with Gasteiger partial charge in [0, 0.05) is 0 Å². The van der Waals surface area contributed by atoms with Crippen LogP contribution in [-0.4, -0.2) is 17.0 Å². The van der Waals surface area contributed by atoms with E-state index in [2.05, 4.69) is 0 Å². The fraction of sp³-hybridized carbons (Fsp3) is 0.133. The molecule has 0 spiro atoms. The molecular weight excluding hydrogens is 247 g/mol. The Bertz CT molecular complexity index is 625. The molecule has 4 heteroatoms. The standard InChI is InChI=1S/C15H11FO3/c16-11-8-4-7-10-12(17)13(18)14(19-15(10)11)9-5-2-1-3-6-9/h1-8,13-14,18H. The normalized spacial score (nSPS) is 21.7. The lowest BCUT2D eigenvalue weighted by Crippen LogP contribution is -2.36. The fourth-order valence-electron chi connectivity index (χ4n) is 2.20. The third-order valence-corrected chi connectivity index (χ3v) is 3.16. The average molecular weight is 258 g/mol. The van der Waals surface area contributed by atoms with E-state index < -0.39 is 23.8 Å². The van der Waals surface area contributed by atoms with Crippen molar-refractivity contribution in [3.05, 3.63) is 65.5 Å². The number of ketones is 1. The minimum Gasteiger partial charge on any atom is -0.479 e. The highest BCUT2D eigenvalue weighted by Crippen LogP contribution is 2.36. The zero-order valence-electron chi connectivity index (χ0n) is 9.92. The van der Waals surface area contributed by atoms with Gasteiger partial charge in [0.15, 0.2) is 29.6 Å². The maximum absolute atomic E-state index is 13.7.